The number of aromatic nitrogens is 12. The van der Waals surface area contributed by atoms with E-state index in [1.54, 1.807) is 86.8 Å². The normalized spacial score (nSPS) is 15.3. The number of aryl methyl sites for hydroxylation is 3. The number of carbonyl (C=O) groups is 5. The maximum absolute atomic E-state index is 13.0. The number of amides is 5. The van der Waals surface area contributed by atoms with Crippen LogP contribution in [0.3, 0.4) is 0 Å². The third-order valence-electron chi connectivity index (χ3n) is 15.5. The number of rotatable bonds is 16. The molecule has 0 radical (unpaired) electrons. The first kappa shape index (κ1) is 60.6. The highest BCUT2D eigenvalue weighted by Gasteiger charge is 2.30. The molecule has 32 heteroatoms. The first-order valence-electron chi connectivity index (χ1n) is 36.1. The molecule has 99 heavy (non-hydrogen) atoms. The van der Waals surface area contributed by atoms with Crippen molar-refractivity contribution in [3.63, 3.8) is 0 Å². The Balaban J connectivity index is 0.000000175. The number of hydrogen-bond donors (Lipinski definition) is 7. The molecule has 8 N–H and O–H groups in total. The van der Waals surface area contributed by atoms with Gasteiger partial charge in [0.05, 0.1) is 57.7 Å². The molecule has 3 saturated carbocycles. The second-order valence-corrected chi connectivity index (χ2v) is 26.1. The number of nitrogens with one attached hydrogen (secondary N) is 6. The van der Waals surface area contributed by atoms with Crippen LogP contribution in [-0.2, 0) is 9.47 Å². The molecule has 0 aliphatic heterocycles. The molecule has 0 bridgehead atoms. The molecule has 9 heterocycles. The van der Waals surface area contributed by atoms with E-state index in [1.807, 2.05) is 13.8 Å². The monoisotopic (exact) mass is 1390 g/mol. The quantitative estimate of drug-likeness (QED) is 0.0442. The highest BCUT2D eigenvalue weighted by molar-refractivity contribution is 6.30. The van der Waals surface area contributed by atoms with Crippen LogP contribution in [0.2, 0.25) is 5.15 Å². The van der Waals surface area contributed by atoms with Gasteiger partial charge in [0.15, 0.2) is 16.9 Å². The van der Waals surface area contributed by atoms with Crippen molar-refractivity contribution < 1.29 is 60.0 Å². The summed E-state index contributed by atoms with van der Waals surface area (Å²) >= 11 is 6.12. The molecule has 3 fully saturated rings. The second kappa shape index (κ2) is 31.1. The summed E-state index contributed by atoms with van der Waals surface area (Å²) in [6.45, 7) is 16.0. The number of pyridine rings is 3. The summed E-state index contributed by atoms with van der Waals surface area (Å²) in [5, 5.41) is 31.0. The van der Waals surface area contributed by atoms with Crippen LogP contribution >= 0.6 is 11.6 Å². The Kier molecular flexibility index (Phi) is 19.0. The molecule has 3 aliphatic rings. The van der Waals surface area contributed by atoms with Crippen molar-refractivity contribution in [3.05, 3.63) is 112 Å². The third-order valence-corrected chi connectivity index (χ3v) is 15.7. The fourth-order valence-corrected chi connectivity index (χ4v) is 9.96. The predicted octanol–water partition coefficient (Wildman–Crippen LogP) is 10.4. The molecule has 5 amide bonds. The van der Waals surface area contributed by atoms with Crippen molar-refractivity contribution in [2.75, 3.05) is 73.7 Å². The molecule has 526 valence electrons. The number of nitrogens with two attached hydrogens (primary N) is 1. The number of hydrogen-bond acceptors (Lipinski definition) is 23. The molecule has 31 nitrogen and oxygen atoms in total. The minimum atomic E-state index is -2.73. The van der Waals surface area contributed by atoms with E-state index < -0.39 is 44.5 Å². The average Bonchev–Trinajstić information content (AvgIpc) is 1.61. The van der Waals surface area contributed by atoms with Gasteiger partial charge < -0.3 is 61.3 Å². The van der Waals surface area contributed by atoms with Gasteiger partial charge in [-0.15, -0.1) is 0 Å². The number of methoxy groups -OCH3 is 3. The molecule has 0 aromatic carbocycles. The number of anilines is 8. The minimum absolute atomic E-state index is 0.0504. The van der Waals surface area contributed by atoms with Crippen LogP contribution in [0.4, 0.5) is 55.7 Å². The van der Waals surface area contributed by atoms with Crippen LogP contribution in [0.1, 0.15) is 159 Å². The summed E-state index contributed by atoms with van der Waals surface area (Å²) in [6, 6.07) is 10.2. The van der Waals surface area contributed by atoms with E-state index in [1.165, 1.54) is 79.7 Å². The van der Waals surface area contributed by atoms with Crippen molar-refractivity contribution in [2.45, 2.75) is 149 Å². The van der Waals surface area contributed by atoms with Crippen LogP contribution in [0.5, 0.6) is 17.6 Å². The largest absolute Gasteiger partial charge is 0.480 e. The Morgan fingerprint density at radius 2 is 0.909 bits per heavy atom. The fraction of sp³-hybridized carbons (Fsp3) is 0.433. The van der Waals surface area contributed by atoms with E-state index >= 15 is 0 Å². The fourth-order valence-electron chi connectivity index (χ4n) is 9.78. The number of carbonyl (C=O) groups excluding carboxylic acids is 5. The van der Waals surface area contributed by atoms with Crippen LogP contribution in [-0.4, -0.2) is 160 Å². The number of fused-ring (bicyclic) bond motifs is 3. The van der Waals surface area contributed by atoms with E-state index in [9.17, 15) is 24.0 Å². The van der Waals surface area contributed by atoms with E-state index in [0.717, 1.165) is 74.5 Å². The van der Waals surface area contributed by atoms with Gasteiger partial charge in [-0.2, -0.15) is 28.8 Å². The summed E-state index contributed by atoms with van der Waals surface area (Å²) in [4.78, 5) is 91.3. The van der Waals surface area contributed by atoms with Gasteiger partial charge in [0.1, 0.15) is 73.5 Å². The number of halogens is 1. The lowest BCUT2D eigenvalue weighted by molar-refractivity contribution is 0.0577. The van der Waals surface area contributed by atoms with Crippen molar-refractivity contribution in [1.82, 2.24) is 74.7 Å². The first-order chi connectivity index (χ1) is 50.5. The number of ether oxygens (including phenoxy) is 5. The third kappa shape index (κ3) is 18.0. The molecule has 3 aliphatic carbocycles. The smallest absolute Gasteiger partial charge is 0.415 e. The Hall–Kier alpha value is -10.9. The van der Waals surface area contributed by atoms with E-state index in [-0.39, 0.29) is 92.9 Å². The molecular formula is C67H86ClN21O10. The zero-order valence-electron chi connectivity index (χ0n) is 65.8. The molecule has 0 atom stereocenters. The van der Waals surface area contributed by atoms with Crippen molar-refractivity contribution >= 4 is 105 Å². The van der Waals surface area contributed by atoms with Crippen LogP contribution < -0.4 is 61.6 Å². The maximum Gasteiger partial charge on any atom is 0.415 e. The number of nitrogens with zero attached hydrogens (tertiary/aromatic N) is 14. The Bertz CT molecular complexity index is 4780. The molecule has 0 saturated heterocycles. The summed E-state index contributed by atoms with van der Waals surface area (Å²) in [5.41, 5.74) is 9.07. The van der Waals surface area contributed by atoms with E-state index in [0.29, 0.717) is 45.6 Å². The maximum atomic E-state index is 13.0. The van der Waals surface area contributed by atoms with E-state index in [4.69, 9.17) is 48.6 Å². The van der Waals surface area contributed by atoms with Gasteiger partial charge in [0, 0.05) is 76.1 Å². The molecule has 0 spiro atoms. The van der Waals surface area contributed by atoms with Gasteiger partial charge in [-0.25, -0.2) is 39.5 Å². The van der Waals surface area contributed by atoms with E-state index in [2.05, 4.69) is 81.8 Å². The number of nitrogen functional groups attached to an aromatic ring is 1. The van der Waals surface area contributed by atoms with Gasteiger partial charge in [-0.1, -0.05) is 11.6 Å². The van der Waals surface area contributed by atoms with Gasteiger partial charge in [-0.05, 0) is 155 Å². The van der Waals surface area contributed by atoms with Gasteiger partial charge in [-0.3, -0.25) is 24.2 Å². The SMILES string of the molecule is CN(C(=O)OC(C)(C)C)c1cc(Cl)nc2c(C(=O)NC3CCC3)cnn12.[2H]C([2H])([2H])Oc1ncc(C)cc1N.[2H]C([2H])([2H])Oc1ncc(C)cc1Nc1cc(N(C)C(=O)OC(C)(C)C)n2ncc(C(=O)NC3CCC3)c2n1.[2H]C([2H])([2H])Oc1ncc(C)cc1Nc1cc(NC)n2ncc(C(=O)NC3CCC3)c2n1. The van der Waals surface area contributed by atoms with Crippen molar-refractivity contribution in [2.24, 2.45) is 0 Å². The lowest BCUT2D eigenvalue weighted by atomic mass is 9.93. The zero-order chi connectivity index (χ0) is 79.1. The summed E-state index contributed by atoms with van der Waals surface area (Å²) < 4.78 is 94.8. The lowest BCUT2D eigenvalue weighted by Gasteiger charge is -2.26. The van der Waals surface area contributed by atoms with Gasteiger partial charge >= 0.3 is 12.2 Å². The highest BCUT2D eigenvalue weighted by Crippen LogP contribution is 2.33. The van der Waals surface area contributed by atoms with Crippen LogP contribution in [0, 0.1) is 20.8 Å². The van der Waals surface area contributed by atoms with Gasteiger partial charge in [0.2, 0.25) is 17.6 Å². The molecular weight excluding hydrogens is 1290 g/mol. The summed E-state index contributed by atoms with van der Waals surface area (Å²) in [5.74, 6) is 0.696. The Labute approximate surface area is 590 Å². The van der Waals surface area contributed by atoms with Crippen molar-refractivity contribution in [3.8, 4) is 17.6 Å². The molecule has 9 aromatic heterocycles. The van der Waals surface area contributed by atoms with Gasteiger partial charge in [0.25, 0.3) is 17.7 Å². The van der Waals surface area contributed by atoms with Crippen LogP contribution in [0.25, 0.3) is 16.9 Å². The summed E-state index contributed by atoms with van der Waals surface area (Å²) in [7, 11) is -3.09. The standard InChI is InChI=1S/C24H31N7O4.C19H23N7O2.C17H22ClN5O3.C7H10N2O/c1-14-10-17(22(34-6)25-12-14)28-18-11-19(30(5)23(33)35-24(2,3)4)31-20(29-18)16(13-26-31)21(32)27-15-8-7-9-15;1-11-7-14(19(28-3)21-9-11)24-15-8-16(20-2)26-17(25-15)13(10-22-26)18(27)23-12-5-4-6-12;1-17(2,3)26-16(25)22(4)13-8-12(18)21-14-11(9-19-23(13)14)15(24)20-10-6-5-7-10;1-5-3-6(8)7(10-2)9-4-5/h10-13,15H,7-9H2,1-6H3,(H,27,32)(H,28,29);7-10,12,20H,4-6H2,1-3H3,(H,23,27)(H,24,25);8-10H,5-7H2,1-4H3,(H,20,24);3-4H,8H2,1-2H3/i6D3;3D3;;2D3. The first-order valence-corrected chi connectivity index (χ1v) is 32.0. The minimum Gasteiger partial charge on any atom is -0.480 e. The molecule has 9 aromatic rings. The van der Waals surface area contributed by atoms with Crippen LogP contribution in [0.15, 0.2) is 73.6 Å². The Morgan fingerprint density at radius 3 is 1.30 bits per heavy atom. The average molecular weight is 1390 g/mol. The second-order valence-electron chi connectivity index (χ2n) is 25.7. The Morgan fingerprint density at radius 1 is 0.535 bits per heavy atom. The predicted molar refractivity (Wildman–Crippen MR) is 376 cm³/mol. The highest BCUT2D eigenvalue weighted by atomic mass is 35.5. The van der Waals surface area contributed by atoms with Crippen molar-refractivity contribution in [1.29, 1.82) is 0 Å². The molecule has 0 unspecified atom stereocenters. The topological polar surface area (TPSA) is 365 Å². The summed E-state index contributed by atoms with van der Waals surface area (Å²) in [6.07, 6.45) is 16.6. The lowest BCUT2D eigenvalue weighted by Crippen LogP contribution is -2.39. The zero-order valence-corrected chi connectivity index (χ0v) is 57.6. The molecule has 12 rings (SSSR count).